The van der Waals surface area contributed by atoms with Crippen LogP contribution in [0.5, 0.6) is 11.5 Å². The van der Waals surface area contributed by atoms with E-state index in [0.29, 0.717) is 33.7 Å². The van der Waals surface area contributed by atoms with Crippen LogP contribution < -0.4 is 9.47 Å². The fourth-order valence-electron chi connectivity index (χ4n) is 3.59. The molecule has 182 valence electrons. The van der Waals surface area contributed by atoms with Gasteiger partial charge in [-0.2, -0.15) is 5.26 Å². The molecule has 36 heavy (non-hydrogen) atoms. The number of carbonyl (C=O) groups excluding carboxylic acids is 1. The Kier molecular flexibility index (Phi) is 8.14. The predicted octanol–water partition coefficient (Wildman–Crippen LogP) is 6.84. The van der Waals surface area contributed by atoms with Crippen LogP contribution in [-0.4, -0.2) is 29.6 Å². The van der Waals surface area contributed by atoms with Crippen molar-refractivity contribution >= 4 is 50.5 Å². The van der Waals surface area contributed by atoms with Gasteiger partial charge >= 0.3 is 0 Å². The van der Waals surface area contributed by atoms with Crippen LogP contribution in [0.1, 0.15) is 29.2 Å². The molecule has 3 aromatic rings. The molecule has 1 fully saturated rings. The molecule has 1 saturated heterocycles. The number of nitrogens with zero attached hydrogens (tertiary/aromatic N) is 3. The first kappa shape index (κ1) is 25.5. The van der Waals surface area contributed by atoms with Gasteiger partial charge in [-0.1, -0.05) is 51.8 Å². The average molecular weight is 562 g/mol. The third-order valence-corrected chi connectivity index (χ3v) is 7.25. The number of carbonyl (C=O) groups is 1. The van der Waals surface area contributed by atoms with Crippen molar-refractivity contribution in [3.8, 4) is 17.6 Å². The number of nitriles is 1. The lowest BCUT2D eigenvalue weighted by Gasteiger charge is -2.14. The maximum atomic E-state index is 13.1. The van der Waals surface area contributed by atoms with Gasteiger partial charge in [-0.05, 0) is 67.6 Å². The number of methoxy groups -OCH3 is 1. The Labute approximate surface area is 223 Å². The topological polar surface area (TPSA) is 74.9 Å². The van der Waals surface area contributed by atoms with Crippen molar-refractivity contribution in [2.75, 3.05) is 13.7 Å². The number of ether oxygens (including phenoxy) is 2. The van der Waals surface area contributed by atoms with Crippen LogP contribution >= 0.6 is 27.7 Å². The van der Waals surface area contributed by atoms with Gasteiger partial charge in [0.1, 0.15) is 6.61 Å². The van der Waals surface area contributed by atoms with Crippen molar-refractivity contribution in [3.63, 3.8) is 0 Å². The fraction of sp³-hybridized carbons (Fsp3) is 0.179. The number of aryl methyl sites for hydroxylation is 1. The van der Waals surface area contributed by atoms with E-state index in [1.165, 1.54) is 11.8 Å². The number of rotatable bonds is 7. The molecule has 0 atom stereocenters. The molecule has 0 spiro atoms. The van der Waals surface area contributed by atoms with E-state index in [9.17, 15) is 10.1 Å². The number of amides is 1. The monoisotopic (exact) mass is 561 g/mol. The van der Waals surface area contributed by atoms with Crippen molar-refractivity contribution in [1.82, 2.24) is 4.90 Å². The number of hydrogen-bond donors (Lipinski definition) is 0. The molecular formula is C28H24BrN3O3S. The molecule has 0 saturated carbocycles. The fourth-order valence-corrected chi connectivity index (χ4v) is 5.08. The number of aliphatic imine (C=N–C) groups is 1. The highest BCUT2D eigenvalue weighted by atomic mass is 79.9. The molecule has 0 aromatic heterocycles. The first-order valence-corrected chi connectivity index (χ1v) is 12.9. The van der Waals surface area contributed by atoms with Gasteiger partial charge in [0.05, 0.1) is 29.3 Å². The molecule has 6 nitrogen and oxygen atoms in total. The first-order valence-electron chi connectivity index (χ1n) is 11.3. The quantitative estimate of drug-likeness (QED) is 0.295. The van der Waals surface area contributed by atoms with Crippen LogP contribution in [0.3, 0.4) is 0 Å². The highest BCUT2D eigenvalue weighted by Gasteiger charge is 2.32. The normalized spacial score (nSPS) is 15.4. The molecule has 8 heteroatoms. The Hall–Kier alpha value is -3.54. The van der Waals surface area contributed by atoms with Gasteiger partial charge in [0.15, 0.2) is 16.7 Å². The third-order valence-electron chi connectivity index (χ3n) is 5.55. The predicted molar refractivity (Wildman–Crippen MR) is 147 cm³/mol. The van der Waals surface area contributed by atoms with E-state index in [-0.39, 0.29) is 12.5 Å². The molecular weight excluding hydrogens is 538 g/mol. The third kappa shape index (κ3) is 5.64. The summed E-state index contributed by atoms with van der Waals surface area (Å²) in [4.78, 5) is 20.0. The van der Waals surface area contributed by atoms with Crippen LogP contribution in [-0.2, 0) is 11.4 Å². The smallest absolute Gasteiger partial charge is 0.266 e. The zero-order chi connectivity index (χ0) is 25.7. The molecule has 1 heterocycles. The summed E-state index contributed by atoms with van der Waals surface area (Å²) < 4.78 is 12.3. The average Bonchev–Trinajstić information content (AvgIpc) is 3.18. The number of likely N-dealkylation sites (N-methyl/N-ethyl adjacent to an activating group) is 1. The second-order valence-electron chi connectivity index (χ2n) is 7.97. The van der Waals surface area contributed by atoms with E-state index in [4.69, 9.17) is 14.5 Å². The second-order valence-corrected chi connectivity index (χ2v) is 9.84. The van der Waals surface area contributed by atoms with Crippen LogP contribution in [0.2, 0.25) is 0 Å². The second kappa shape index (κ2) is 11.5. The van der Waals surface area contributed by atoms with Gasteiger partial charge in [0.25, 0.3) is 5.91 Å². The number of thioether (sulfide) groups is 1. The van der Waals surface area contributed by atoms with Crippen molar-refractivity contribution < 1.29 is 14.3 Å². The van der Waals surface area contributed by atoms with Crippen molar-refractivity contribution in [1.29, 1.82) is 5.26 Å². The zero-order valence-electron chi connectivity index (χ0n) is 20.1. The van der Waals surface area contributed by atoms with Gasteiger partial charge in [-0.25, -0.2) is 4.99 Å². The molecule has 3 aromatic carbocycles. The molecule has 1 aliphatic rings. The first-order chi connectivity index (χ1) is 17.4. The maximum absolute atomic E-state index is 13.1. The van der Waals surface area contributed by atoms with E-state index < -0.39 is 0 Å². The number of halogens is 1. The Morgan fingerprint density at radius 2 is 1.89 bits per heavy atom. The molecule has 0 unspecified atom stereocenters. The molecule has 0 radical (unpaired) electrons. The van der Waals surface area contributed by atoms with Crippen LogP contribution in [0.25, 0.3) is 6.08 Å². The summed E-state index contributed by atoms with van der Waals surface area (Å²) in [5.74, 6) is 0.963. The summed E-state index contributed by atoms with van der Waals surface area (Å²) in [5, 5.41) is 9.97. The highest BCUT2D eigenvalue weighted by molar-refractivity contribution is 9.10. The minimum Gasteiger partial charge on any atom is -0.493 e. The van der Waals surface area contributed by atoms with Gasteiger partial charge in [-0.15, -0.1) is 0 Å². The van der Waals surface area contributed by atoms with Gasteiger partial charge < -0.3 is 9.47 Å². The van der Waals surface area contributed by atoms with Gasteiger partial charge in [0.2, 0.25) is 0 Å². The molecule has 0 N–H and O–H groups in total. The van der Waals surface area contributed by atoms with Crippen LogP contribution in [0.15, 0.2) is 75.0 Å². The zero-order valence-corrected chi connectivity index (χ0v) is 22.5. The lowest BCUT2D eigenvalue weighted by Crippen LogP contribution is -2.28. The lowest BCUT2D eigenvalue weighted by molar-refractivity contribution is -0.122. The summed E-state index contributed by atoms with van der Waals surface area (Å²) in [6.07, 6.45) is 1.83. The molecule has 0 aliphatic carbocycles. The summed E-state index contributed by atoms with van der Waals surface area (Å²) >= 11 is 4.95. The molecule has 1 amide bonds. The van der Waals surface area contributed by atoms with Crippen molar-refractivity contribution in [3.05, 3.63) is 92.3 Å². The molecule has 0 bridgehead atoms. The summed E-state index contributed by atoms with van der Waals surface area (Å²) in [5.41, 5.74) is 4.09. The van der Waals surface area contributed by atoms with E-state index in [1.807, 2.05) is 74.5 Å². The maximum Gasteiger partial charge on any atom is 0.266 e. The minimum atomic E-state index is -0.0901. The van der Waals surface area contributed by atoms with E-state index in [2.05, 4.69) is 22.0 Å². The van der Waals surface area contributed by atoms with E-state index in [1.54, 1.807) is 18.1 Å². The Bertz CT molecular complexity index is 1390. The van der Waals surface area contributed by atoms with Crippen LogP contribution in [0.4, 0.5) is 5.69 Å². The lowest BCUT2D eigenvalue weighted by atomic mass is 10.1. The number of amidine groups is 1. The number of benzene rings is 3. The minimum absolute atomic E-state index is 0.0901. The summed E-state index contributed by atoms with van der Waals surface area (Å²) in [6.45, 7) is 4.71. The Morgan fingerprint density at radius 3 is 2.58 bits per heavy atom. The number of hydrogen-bond acceptors (Lipinski definition) is 6. The standard InChI is InChI=1S/C28H24BrN3O3S/c1-4-32-27(33)26(36-28(32)31-22-11-9-18(2)10-12-22)14-21-13-24(34-3)25(15-23(21)29)35-17-20-8-6-5-7-19(20)16-30/h5-15H,4,17H2,1-3H3/b26-14+,31-28?. The van der Waals surface area contributed by atoms with Crippen molar-refractivity contribution in [2.45, 2.75) is 20.5 Å². The molecule has 1 aliphatic heterocycles. The summed E-state index contributed by atoms with van der Waals surface area (Å²) in [7, 11) is 1.57. The SMILES string of the molecule is CCN1C(=O)/C(=C\c2cc(OC)c(OCc3ccccc3C#N)cc2Br)SC1=Nc1ccc(C)cc1. The largest absolute Gasteiger partial charge is 0.493 e. The van der Waals surface area contributed by atoms with Crippen LogP contribution in [0, 0.1) is 18.3 Å². The Balaban J connectivity index is 1.60. The van der Waals surface area contributed by atoms with Gasteiger partial charge in [-0.3, -0.25) is 9.69 Å². The van der Waals surface area contributed by atoms with E-state index >= 15 is 0 Å². The highest BCUT2D eigenvalue weighted by Crippen LogP contribution is 2.39. The van der Waals surface area contributed by atoms with Crippen molar-refractivity contribution in [2.24, 2.45) is 4.99 Å². The van der Waals surface area contributed by atoms with Gasteiger partial charge in [0, 0.05) is 16.6 Å². The Morgan fingerprint density at radius 1 is 1.14 bits per heavy atom. The van der Waals surface area contributed by atoms with E-state index in [0.717, 1.165) is 26.9 Å². The molecule has 4 rings (SSSR count). The summed E-state index contributed by atoms with van der Waals surface area (Å²) in [6, 6.07) is 21.0.